The van der Waals surface area contributed by atoms with Gasteiger partial charge in [0, 0.05) is 30.6 Å². The van der Waals surface area contributed by atoms with Crippen molar-refractivity contribution in [3.63, 3.8) is 0 Å². The molecule has 0 bridgehead atoms. The molecule has 2 atom stereocenters. The van der Waals surface area contributed by atoms with Crippen LogP contribution in [0.3, 0.4) is 0 Å². The standard InChI is InChI=1S/C15H24N4O2/c1-10-6-13(18-17-10)7-12-8-19(9-14(12)20)15(21)11-2-4-16-5-3-11/h6,11-12,14,16,20H,2-5,7-9H2,1H3,(H,17,18)/t12-,14-/m1/s1. The number of aryl methyl sites for hydroxylation is 1. The summed E-state index contributed by atoms with van der Waals surface area (Å²) in [5, 5.41) is 20.7. The SMILES string of the molecule is Cc1cc(C[C@@H]2CN(C(=O)C3CCNCC3)C[C@H]2O)n[nH]1. The summed E-state index contributed by atoms with van der Waals surface area (Å²) < 4.78 is 0. The molecule has 1 aromatic rings. The predicted octanol–water partition coefficient (Wildman–Crippen LogP) is 0.0795. The zero-order valence-electron chi connectivity index (χ0n) is 12.5. The Kier molecular flexibility index (Phi) is 4.26. The van der Waals surface area contributed by atoms with E-state index in [-0.39, 0.29) is 17.7 Å². The lowest BCUT2D eigenvalue weighted by Crippen LogP contribution is -2.40. The molecule has 6 nitrogen and oxygen atoms in total. The molecular weight excluding hydrogens is 268 g/mol. The average molecular weight is 292 g/mol. The zero-order valence-corrected chi connectivity index (χ0v) is 12.5. The van der Waals surface area contributed by atoms with E-state index in [0.29, 0.717) is 13.1 Å². The molecule has 6 heteroatoms. The molecule has 3 heterocycles. The molecule has 0 aliphatic carbocycles. The maximum atomic E-state index is 12.5. The summed E-state index contributed by atoms with van der Waals surface area (Å²) in [4.78, 5) is 14.4. The fourth-order valence-electron chi connectivity index (χ4n) is 3.41. The summed E-state index contributed by atoms with van der Waals surface area (Å²) in [6, 6.07) is 2.00. The number of aliphatic hydroxyl groups excluding tert-OH is 1. The molecule has 3 N–H and O–H groups in total. The second kappa shape index (κ2) is 6.15. The number of rotatable bonds is 3. The van der Waals surface area contributed by atoms with E-state index in [4.69, 9.17) is 0 Å². The molecule has 2 aliphatic heterocycles. The van der Waals surface area contributed by atoms with Gasteiger partial charge in [0.1, 0.15) is 0 Å². The van der Waals surface area contributed by atoms with Crippen LogP contribution in [0, 0.1) is 18.8 Å². The zero-order chi connectivity index (χ0) is 14.8. The Morgan fingerprint density at radius 1 is 1.43 bits per heavy atom. The third kappa shape index (κ3) is 3.27. The largest absolute Gasteiger partial charge is 0.391 e. The van der Waals surface area contributed by atoms with Crippen LogP contribution in [0.4, 0.5) is 0 Å². The number of hydrogen-bond donors (Lipinski definition) is 3. The van der Waals surface area contributed by atoms with Gasteiger partial charge < -0.3 is 15.3 Å². The lowest BCUT2D eigenvalue weighted by atomic mass is 9.96. The molecule has 0 saturated carbocycles. The lowest BCUT2D eigenvalue weighted by molar-refractivity contribution is -0.135. The van der Waals surface area contributed by atoms with Crippen molar-refractivity contribution in [3.05, 3.63) is 17.5 Å². The molecular formula is C15H24N4O2. The average Bonchev–Trinajstić information content (AvgIpc) is 3.06. The molecule has 2 aliphatic rings. The molecule has 2 saturated heterocycles. The van der Waals surface area contributed by atoms with Crippen molar-refractivity contribution in [2.45, 2.75) is 32.3 Å². The van der Waals surface area contributed by atoms with Gasteiger partial charge in [-0.2, -0.15) is 5.10 Å². The van der Waals surface area contributed by atoms with Gasteiger partial charge in [-0.05, 0) is 45.3 Å². The second-order valence-corrected chi connectivity index (χ2v) is 6.34. The first kappa shape index (κ1) is 14.5. The molecule has 1 aromatic heterocycles. The second-order valence-electron chi connectivity index (χ2n) is 6.34. The molecule has 21 heavy (non-hydrogen) atoms. The summed E-state index contributed by atoms with van der Waals surface area (Å²) in [6.07, 6.45) is 2.11. The molecule has 0 radical (unpaired) electrons. The normalized spacial score (nSPS) is 27.2. The Bertz CT molecular complexity index is 496. The van der Waals surface area contributed by atoms with Crippen molar-refractivity contribution in [2.24, 2.45) is 11.8 Å². The van der Waals surface area contributed by atoms with Crippen LogP contribution in [0.1, 0.15) is 24.2 Å². The van der Waals surface area contributed by atoms with E-state index in [0.717, 1.165) is 43.7 Å². The quantitative estimate of drug-likeness (QED) is 0.737. The molecule has 2 fully saturated rings. The maximum absolute atomic E-state index is 12.5. The molecule has 0 spiro atoms. The Morgan fingerprint density at radius 2 is 2.19 bits per heavy atom. The van der Waals surface area contributed by atoms with Crippen molar-refractivity contribution in [2.75, 3.05) is 26.2 Å². The minimum atomic E-state index is -0.437. The number of nitrogens with one attached hydrogen (secondary N) is 2. The number of nitrogens with zero attached hydrogens (tertiary/aromatic N) is 2. The highest BCUT2D eigenvalue weighted by molar-refractivity contribution is 5.79. The minimum Gasteiger partial charge on any atom is -0.391 e. The van der Waals surface area contributed by atoms with Gasteiger partial charge in [0.05, 0.1) is 11.8 Å². The van der Waals surface area contributed by atoms with E-state index < -0.39 is 6.10 Å². The van der Waals surface area contributed by atoms with Crippen LogP contribution in [0.5, 0.6) is 0 Å². The number of likely N-dealkylation sites (tertiary alicyclic amines) is 1. The Hall–Kier alpha value is -1.40. The van der Waals surface area contributed by atoms with Crippen LogP contribution in [0.25, 0.3) is 0 Å². The first-order valence-electron chi connectivity index (χ1n) is 7.82. The van der Waals surface area contributed by atoms with Crippen LogP contribution in [-0.2, 0) is 11.2 Å². The monoisotopic (exact) mass is 292 g/mol. The van der Waals surface area contributed by atoms with Crippen LogP contribution >= 0.6 is 0 Å². The van der Waals surface area contributed by atoms with Crippen molar-refractivity contribution >= 4 is 5.91 Å². The Balaban J connectivity index is 1.58. The van der Waals surface area contributed by atoms with Crippen molar-refractivity contribution < 1.29 is 9.90 Å². The van der Waals surface area contributed by atoms with Crippen molar-refractivity contribution in [3.8, 4) is 0 Å². The predicted molar refractivity (Wildman–Crippen MR) is 78.7 cm³/mol. The van der Waals surface area contributed by atoms with Gasteiger partial charge in [0.15, 0.2) is 0 Å². The summed E-state index contributed by atoms with van der Waals surface area (Å²) >= 11 is 0. The highest BCUT2D eigenvalue weighted by Crippen LogP contribution is 2.24. The Morgan fingerprint density at radius 3 is 2.86 bits per heavy atom. The highest BCUT2D eigenvalue weighted by atomic mass is 16.3. The number of piperidine rings is 1. The molecule has 116 valence electrons. The van der Waals surface area contributed by atoms with Gasteiger partial charge in [-0.15, -0.1) is 0 Å². The van der Waals surface area contributed by atoms with Gasteiger partial charge in [-0.25, -0.2) is 0 Å². The van der Waals surface area contributed by atoms with E-state index in [9.17, 15) is 9.90 Å². The molecule has 0 aromatic carbocycles. The number of hydrogen-bond acceptors (Lipinski definition) is 4. The number of H-pyrrole nitrogens is 1. The van der Waals surface area contributed by atoms with Gasteiger partial charge in [0.2, 0.25) is 5.91 Å². The summed E-state index contributed by atoms with van der Waals surface area (Å²) in [7, 11) is 0. The van der Waals surface area contributed by atoms with Gasteiger partial charge in [-0.1, -0.05) is 0 Å². The first-order chi connectivity index (χ1) is 10.1. The summed E-state index contributed by atoms with van der Waals surface area (Å²) in [5.74, 6) is 0.444. The summed E-state index contributed by atoms with van der Waals surface area (Å²) in [5.41, 5.74) is 1.99. The smallest absolute Gasteiger partial charge is 0.225 e. The van der Waals surface area contributed by atoms with Crippen LogP contribution in [0.2, 0.25) is 0 Å². The fourth-order valence-corrected chi connectivity index (χ4v) is 3.41. The summed E-state index contributed by atoms with van der Waals surface area (Å²) in [6.45, 7) is 4.92. The molecule has 3 rings (SSSR count). The van der Waals surface area contributed by atoms with E-state index >= 15 is 0 Å². The van der Waals surface area contributed by atoms with Crippen molar-refractivity contribution in [1.29, 1.82) is 0 Å². The third-order valence-electron chi connectivity index (χ3n) is 4.64. The fraction of sp³-hybridized carbons (Fsp3) is 0.733. The van der Waals surface area contributed by atoms with E-state index in [2.05, 4.69) is 15.5 Å². The van der Waals surface area contributed by atoms with Crippen LogP contribution < -0.4 is 5.32 Å². The first-order valence-corrected chi connectivity index (χ1v) is 7.82. The van der Waals surface area contributed by atoms with Gasteiger partial charge in [-0.3, -0.25) is 9.89 Å². The van der Waals surface area contributed by atoms with Crippen molar-refractivity contribution in [1.82, 2.24) is 20.4 Å². The number of aromatic nitrogens is 2. The van der Waals surface area contributed by atoms with E-state index in [1.807, 2.05) is 17.9 Å². The number of amides is 1. The van der Waals surface area contributed by atoms with Crippen LogP contribution in [0.15, 0.2) is 6.07 Å². The van der Waals surface area contributed by atoms with E-state index in [1.165, 1.54) is 0 Å². The topological polar surface area (TPSA) is 81.2 Å². The van der Waals surface area contributed by atoms with E-state index in [1.54, 1.807) is 0 Å². The molecule has 0 unspecified atom stereocenters. The Labute approximate surface area is 124 Å². The third-order valence-corrected chi connectivity index (χ3v) is 4.64. The lowest BCUT2D eigenvalue weighted by Gasteiger charge is -2.26. The highest BCUT2D eigenvalue weighted by Gasteiger charge is 2.37. The number of aromatic amines is 1. The minimum absolute atomic E-state index is 0.0957. The van der Waals surface area contributed by atoms with Crippen LogP contribution in [-0.4, -0.2) is 58.4 Å². The molecule has 1 amide bonds. The van der Waals surface area contributed by atoms with Gasteiger partial charge >= 0.3 is 0 Å². The maximum Gasteiger partial charge on any atom is 0.225 e. The number of aliphatic hydroxyl groups is 1. The number of carbonyl (C=O) groups excluding carboxylic acids is 1. The number of β-amino-alcohol motifs (C(OH)–C–C–N with tert-alkyl or cyclic N) is 1. The number of carbonyl (C=O) groups is 1. The van der Waals surface area contributed by atoms with Gasteiger partial charge in [0.25, 0.3) is 0 Å².